The highest BCUT2D eigenvalue weighted by Gasteiger charge is 2.75. The first-order valence-corrected chi connectivity index (χ1v) is 13.5. The molecule has 4 fully saturated rings. The van der Waals surface area contributed by atoms with Crippen molar-refractivity contribution in [3.8, 4) is 0 Å². The molecule has 1 aromatic carbocycles. The second-order valence-corrected chi connectivity index (χ2v) is 13.7. The number of carboxylic acids is 1. The Morgan fingerprint density at radius 2 is 1.94 bits per heavy atom. The fourth-order valence-electron chi connectivity index (χ4n) is 6.95. The Kier molecular flexibility index (Phi) is 5.64. The second-order valence-electron chi connectivity index (χ2n) is 13.3. The first-order chi connectivity index (χ1) is 16.3. The quantitative estimate of drug-likeness (QED) is 0.448. The average Bonchev–Trinajstić information content (AvgIpc) is 2.69. The zero-order valence-electron chi connectivity index (χ0n) is 21.7. The summed E-state index contributed by atoms with van der Waals surface area (Å²) in [6, 6.07) is 6.26. The third-order valence-electron chi connectivity index (χ3n) is 9.34. The average molecular weight is 499 g/mol. The van der Waals surface area contributed by atoms with Crippen LogP contribution in [0.25, 0.3) is 0 Å². The van der Waals surface area contributed by atoms with Crippen LogP contribution in [0.5, 0.6) is 0 Å². The molecule has 6 rings (SSSR count). The molecule has 4 aliphatic carbocycles. The monoisotopic (exact) mass is 498 g/mol. The molecule has 0 aromatic heterocycles. The van der Waals surface area contributed by atoms with Crippen molar-refractivity contribution in [3.05, 3.63) is 46.1 Å². The Hall–Kier alpha value is -2.01. The number of rotatable bonds is 6. The van der Waals surface area contributed by atoms with E-state index in [-0.39, 0.29) is 17.0 Å². The summed E-state index contributed by atoms with van der Waals surface area (Å²) in [4.78, 5) is 27.0. The molecule has 2 N–H and O–H groups in total. The molecule has 2 amide bonds. The summed E-state index contributed by atoms with van der Waals surface area (Å²) in [5.41, 5.74) is 2.20. The maximum atomic E-state index is 13.5. The summed E-state index contributed by atoms with van der Waals surface area (Å²) in [7, 11) is 0. The number of benzene rings is 1. The molecular formula is C29H39ClN2O3. The normalized spacial score (nSPS) is 33.9. The van der Waals surface area contributed by atoms with Crippen molar-refractivity contribution in [1.82, 2.24) is 10.2 Å². The molecule has 35 heavy (non-hydrogen) atoms. The van der Waals surface area contributed by atoms with E-state index in [4.69, 9.17) is 11.6 Å². The number of urea groups is 1. The number of hydrogen-bond acceptors (Lipinski definition) is 2. The van der Waals surface area contributed by atoms with Gasteiger partial charge < -0.3 is 10.4 Å². The third kappa shape index (κ3) is 3.89. The number of aliphatic carboxylic acids is 1. The van der Waals surface area contributed by atoms with E-state index in [1.165, 1.54) is 5.57 Å². The number of halogens is 1. The first-order valence-electron chi connectivity index (χ1n) is 13.1. The van der Waals surface area contributed by atoms with Crippen molar-refractivity contribution >= 4 is 23.6 Å². The number of hydrogen-bond donors (Lipinski definition) is 2. The highest BCUT2D eigenvalue weighted by Crippen LogP contribution is 2.70. The molecule has 5 aliphatic rings. The van der Waals surface area contributed by atoms with Gasteiger partial charge in [-0.25, -0.2) is 4.79 Å². The Balaban J connectivity index is 1.47. The summed E-state index contributed by atoms with van der Waals surface area (Å²) in [6.07, 6.45) is 8.57. The maximum Gasteiger partial charge on any atom is 0.322 e. The van der Waals surface area contributed by atoms with Crippen LogP contribution in [0.2, 0.25) is 5.02 Å². The number of aryl methyl sites for hydroxylation is 1. The molecule has 1 aliphatic heterocycles. The summed E-state index contributed by atoms with van der Waals surface area (Å²) >= 11 is 6.81. The molecule has 1 heterocycles. The van der Waals surface area contributed by atoms with Crippen molar-refractivity contribution in [3.63, 3.8) is 0 Å². The van der Waals surface area contributed by atoms with Crippen molar-refractivity contribution in [2.45, 2.75) is 97.1 Å². The van der Waals surface area contributed by atoms with E-state index in [2.05, 4.69) is 64.3 Å². The van der Waals surface area contributed by atoms with Crippen molar-refractivity contribution in [1.29, 1.82) is 0 Å². The van der Waals surface area contributed by atoms with Gasteiger partial charge in [0, 0.05) is 11.2 Å². The van der Waals surface area contributed by atoms with Gasteiger partial charge in [-0.2, -0.15) is 0 Å². The van der Waals surface area contributed by atoms with Gasteiger partial charge in [0.25, 0.3) is 0 Å². The lowest BCUT2D eigenvalue weighted by atomic mass is 9.38. The van der Waals surface area contributed by atoms with E-state index in [1.807, 2.05) is 4.90 Å². The number of amides is 2. The SMILES string of the molecule is CC(C)C1CC[C@@]2(c3ccc(CCC(C)(C)C)c(Cl)c3)NC(=O)N(C34CC(C(=O)O)(C3)C4)C=C2C1. The Labute approximate surface area is 214 Å². The standard InChI is InChI=1S/C29H39ClN2O3/c1-18(2)20-9-11-29(21-7-6-19(23(30)13-21)8-10-26(3,4)5)22(12-20)14-32(25(35)31-29)28-15-27(16-28,17-28)24(33)34/h6-7,13-14,18,20H,8-12,15-17H2,1-5H3,(H,31,35)(H,33,34)/t20?,27?,28?,29-/m0/s1. The first kappa shape index (κ1) is 24.7. The Morgan fingerprint density at radius 1 is 1.26 bits per heavy atom. The lowest BCUT2D eigenvalue weighted by Gasteiger charge is -2.71. The lowest BCUT2D eigenvalue weighted by Crippen LogP contribution is -2.78. The van der Waals surface area contributed by atoms with Gasteiger partial charge in [0.05, 0.1) is 16.5 Å². The zero-order valence-corrected chi connectivity index (χ0v) is 22.5. The second kappa shape index (κ2) is 7.99. The molecule has 4 saturated carbocycles. The number of carbonyl (C=O) groups excluding carboxylic acids is 1. The molecule has 2 atom stereocenters. The maximum absolute atomic E-state index is 13.5. The number of nitrogens with one attached hydrogen (secondary N) is 1. The van der Waals surface area contributed by atoms with Gasteiger partial charge in [-0.15, -0.1) is 0 Å². The molecule has 5 nitrogen and oxygen atoms in total. The minimum absolute atomic E-state index is 0.108. The van der Waals surface area contributed by atoms with Gasteiger partial charge in [0.15, 0.2) is 0 Å². The van der Waals surface area contributed by atoms with E-state index in [0.29, 0.717) is 31.1 Å². The van der Waals surface area contributed by atoms with E-state index in [0.717, 1.165) is 48.3 Å². The van der Waals surface area contributed by atoms with Gasteiger partial charge in [-0.1, -0.05) is 58.4 Å². The van der Waals surface area contributed by atoms with Crippen LogP contribution >= 0.6 is 11.6 Å². The van der Waals surface area contributed by atoms with Crippen LogP contribution in [0.3, 0.4) is 0 Å². The van der Waals surface area contributed by atoms with Crippen LogP contribution in [0, 0.1) is 22.7 Å². The Bertz CT molecular complexity index is 1080. The smallest absolute Gasteiger partial charge is 0.322 e. The van der Waals surface area contributed by atoms with Crippen molar-refractivity contribution < 1.29 is 14.7 Å². The Morgan fingerprint density at radius 3 is 2.51 bits per heavy atom. The minimum atomic E-state index is -0.725. The number of fused-ring (bicyclic) bond motifs is 1. The zero-order chi connectivity index (χ0) is 25.4. The van der Waals surface area contributed by atoms with Crippen molar-refractivity contribution in [2.24, 2.45) is 22.7 Å². The molecule has 0 saturated heterocycles. The fourth-order valence-corrected chi connectivity index (χ4v) is 7.22. The number of carboxylic acid groups (broad SMARTS) is 1. The molecule has 190 valence electrons. The predicted octanol–water partition coefficient (Wildman–Crippen LogP) is 6.89. The molecule has 1 unspecified atom stereocenters. The summed E-state index contributed by atoms with van der Waals surface area (Å²) < 4.78 is 0. The fraction of sp³-hybridized carbons (Fsp3) is 0.655. The minimum Gasteiger partial charge on any atom is -0.481 e. The topological polar surface area (TPSA) is 69.6 Å². The predicted molar refractivity (Wildman–Crippen MR) is 138 cm³/mol. The van der Waals surface area contributed by atoms with Crippen LogP contribution < -0.4 is 5.32 Å². The summed E-state index contributed by atoms with van der Waals surface area (Å²) in [6.45, 7) is 11.3. The van der Waals surface area contributed by atoms with E-state index in [9.17, 15) is 14.7 Å². The van der Waals surface area contributed by atoms with Crippen molar-refractivity contribution in [2.75, 3.05) is 0 Å². The van der Waals surface area contributed by atoms with Crippen LogP contribution in [-0.4, -0.2) is 27.5 Å². The van der Waals surface area contributed by atoms with Gasteiger partial charge in [-0.3, -0.25) is 9.69 Å². The van der Waals surface area contributed by atoms with Crippen LogP contribution in [0.15, 0.2) is 30.0 Å². The summed E-state index contributed by atoms with van der Waals surface area (Å²) in [5, 5.41) is 13.7. The molecule has 6 heteroatoms. The van der Waals surface area contributed by atoms with Gasteiger partial charge in [0.1, 0.15) is 0 Å². The largest absolute Gasteiger partial charge is 0.481 e. The highest BCUT2D eigenvalue weighted by atomic mass is 35.5. The van der Waals surface area contributed by atoms with Gasteiger partial charge in [0.2, 0.25) is 0 Å². The molecule has 0 radical (unpaired) electrons. The van der Waals surface area contributed by atoms with Crippen LogP contribution in [-0.2, 0) is 16.8 Å². The molecular weight excluding hydrogens is 460 g/mol. The van der Waals surface area contributed by atoms with Gasteiger partial charge in [-0.05, 0) is 91.4 Å². The highest BCUT2D eigenvalue weighted by molar-refractivity contribution is 6.31. The molecule has 0 spiro atoms. The van der Waals surface area contributed by atoms with Crippen LogP contribution in [0.1, 0.15) is 90.7 Å². The van der Waals surface area contributed by atoms with Crippen LogP contribution in [0.4, 0.5) is 4.79 Å². The van der Waals surface area contributed by atoms with E-state index < -0.39 is 16.9 Å². The third-order valence-corrected chi connectivity index (χ3v) is 9.70. The molecule has 1 aromatic rings. The van der Waals surface area contributed by atoms with Gasteiger partial charge >= 0.3 is 12.0 Å². The number of nitrogens with zero attached hydrogens (tertiary/aromatic N) is 1. The number of carbonyl (C=O) groups is 2. The lowest BCUT2D eigenvalue weighted by molar-refractivity contribution is -0.215. The van der Waals surface area contributed by atoms with E-state index in [1.54, 1.807) is 0 Å². The molecule has 2 bridgehead atoms. The van der Waals surface area contributed by atoms with E-state index >= 15 is 0 Å². The summed E-state index contributed by atoms with van der Waals surface area (Å²) in [5.74, 6) is 0.400.